The van der Waals surface area contributed by atoms with Gasteiger partial charge in [0, 0.05) is 37.9 Å². The first-order valence-electron chi connectivity index (χ1n) is 16.0. The number of hydrogen-bond donors (Lipinski definition) is 2. The van der Waals surface area contributed by atoms with Crippen LogP contribution >= 0.6 is 0 Å². The number of fused-ring (bicyclic) bond motifs is 1. The molecule has 228 valence electrons. The van der Waals surface area contributed by atoms with Crippen LogP contribution in [-0.2, 0) is 23.9 Å². The number of nitrogens with one attached hydrogen (secondary N) is 2. The van der Waals surface area contributed by atoms with Gasteiger partial charge in [-0.1, -0.05) is 57.9 Å². The van der Waals surface area contributed by atoms with Crippen LogP contribution in [0.25, 0.3) is 0 Å². The average Bonchev–Trinajstić information content (AvgIpc) is 3.62. The highest BCUT2D eigenvalue weighted by molar-refractivity contribution is 6.02. The molecular weight excluding hydrogens is 532 g/mol. The number of amides is 3. The molecule has 5 aliphatic rings. The zero-order valence-corrected chi connectivity index (χ0v) is 25.2. The van der Waals surface area contributed by atoms with E-state index in [9.17, 15) is 14.4 Å². The first-order chi connectivity index (χ1) is 20.3. The predicted molar refractivity (Wildman–Crippen MR) is 160 cm³/mol. The number of rotatable bonds is 9. The van der Waals surface area contributed by atoms with E-state index in [1.807, 2.05) is 36.4 Å². The number of carbonyl (C=O) groups is 3. The van der Waals surface area contributed by atoms with Gasteiger partial charge in [0.15, 0.2) is 0 Å². The molecule has 0 aromatic heterocycles. The molecule has 3 saturated heterocycles. The van der Waals surface area contributed by atoms with Gasteiger partial charge < -0.3 is 25.0 Å². The Kier molecular flexibility index (Phi) is 8.44. The van der Waals surface area contributed by atoms with Crippen molar-refractivity contribution in [1.82, 2.24) is 15.1 Å². The molecule has 2 bridgehead atoms. The average molecular weight is 579 g/mol. The zero-order valence-electron chi connectivity index (χ0n) is 25.2. The lowest BCUT2D eigenvalue weighted by molar-refractivity contribution is -0.141. The van der Waals surface area contributed by atoms with Gasteiger partial charge in [-0.05, 0) is 48.8 Å². The smallest absolute Gasteiger partial charge is 0.246 e. The molecule has 9 nitrogen and oxygen atoms in total. The Morgan fingerprint density at radius 2 is 1.79 bits per heavy atom. The molecule has 1 aliphatic carbocycles. The summed E-state index contributed by atoms with van der Waals surface area (Å²) >= 11 is 0. The van der Waals surface area contributed by atoms with Crippen molar-refractivity contribution < 1.29 is 23.9 Å². The lowest BCUT2D eigenvalue weighted by Crippen LogP contribution is -2.57. The van der Waals surface area contributed by atoms with Crippen LogP contribution in [0, 0.1) is 17.8 Å². The second-order valence-electron chi connectivity index (χ2n) is 13.2. The van der Waals surface area contributed by atoms with Gasteiger partial charge in [0.1, 0.15) is 11.6 Å². The zero-order chi connectivity index (χ0) is 29.4. The molecule has 4 aliphatic heterocycles. The SMILES string of the molecule is CC(C)c1ccc(NC(=O)C2C3C=CC4(O3)C2C(=O)N(CCCN2CCOCC2)C4C(=O)NC2CCCCC2C)cc1. The lowest BCUT2D eigenvalue weighted by Gasteiger charge is -2.36. The molecule has 1 saturated carbocycles. The molecule has 9 heteroatoms. The Labute approximate surface area is 249 Å². The van der Waals surface area contributed by atoms with Gasteiger partial charge in [0.2, 0.25) is 17.7 Å². The number of carbonyl (C=O) groups excluding carboxylic acids is 3. The largest absolute Gasteiger partial charge is 0.379 e. The van der Waals surface area contributed by atoms with Crippen LogP contribution < -0.4 is 10.6 Å². The second-order valence-corrected chi connectivity index (χ2v) is 13.2. The van der Waals surface area contributed by atoms with Crippen molar-refractivity contribution in [3.05, 3.63) is 42.0 Å². The summed E-state index contributed by atoms with van der Waals surface area (Å²) in [4.78, 5) is 46.2. The molecule has 4 heterocycles. The molecule has 0 radical (unpaired) electrons. The van der Waals surface area contributed by atoms with E-state index in [1.165, 1.54) is 12.0 Å². The van der Waals surface area contributed by atoms with Gasteiger partial charge in [-0.2, -0.15) is 0 Å². The molecule has 3 amide bonds. The van der Waals surface area contributed by atoms with Gasteiger partial charge >= 0.3 is 0 Å². The van der Waals surface area contributed by atoms with Crippen LogP contribution in [0.1, 0.15) is 64.4 Å². The topological polar surface area (TPSA) is 100 Å². The first kappa shape index (κ1) is 29.3. The van der Waals surface area contributed by atoms with Crippen LogP contribution in [0.15, 0.2) is 36.4 Å². The molecule has 4 fully saturated rings. The van der Waals surface area contributed by atoms with E-state index in [1.54, 1.807) is 4.90 Å². The highest BCUT2D eigenvalue weighted by Crippen LogP contribution is 2.55. The summed E-state index contributed by atoms with van der Waals surface area (Å²) in [7, 11) is 0. The second kappa shape index (κ2) is 12.1. The van der Waals surface area contributed by atoms with Crippen LogP contribution in [0.4, 0.5) is 5.69 Å². The third-order valence-corrected chi connectivity index (χ3v) is 10.2. The van der Waals surface area contributed by atoms with Crippen molar-refractivity contribution >= 4 is 23.4 Å². The van der Waals surface area contributed by atoms with E-state index in [0.717, 1.165) is 58.5 Å². The Balaban J connectivity index is 1.23. The van der Waals surface area contributed by atoms with Crippen molar-refractivity contribution in [3.8, 4) is 0 Å². The number of likely N-dealkylation sites (tertiary alicyclic amines) is 1. The summed E-state index contributed by atoms with van der Waals surface area (Å²) < 4.78 is 12.0. The number of ether oxygens (including phenoxy) is 2. The fraction of sp³-hybridized carbons (Fsp3) is 0.667. The summed E-state index contributed by atoms with van der Waals surface area (Å²) in [5.74, 6) is -1.20. The number of benzene rings is 1. The van der Waals surface area contributed by atoms with Gasteiger partial charge in [-0.25, -0.2) is 0 Å². The van der Waals surface area contributed by atoms with E-state index in [4.69, 9.17) is 9.47 Å². The van der Waals surface area contributed by atoms with Gasteiger partial charge in [0.25, 0.3) is 0 Å². The molecular formula is C33H46N4O5. The van der Waals surface area contributed by atoms with Crippen molar-refractivity contribution in [3.63, 3.8) is 0 Å². The number of anilines is 1. The minimum absolute atomic E-state index is 0.0856. The third kappa shape index (κ3) is 5.40. The van der Waals surface area contributed by atoms with Gasteiger partial charge in [-0.3, -0.25) is 19.3 Å². The molecule has 1 aromatic carbocycles. The Bertz CT molecular complexity index is 1200. The van der Waals surface area contributed by atoms with Crippen LogP contribution in [-0.4, -0.2) is 90.7 Å². The maximum atomic E-state index is 14.2. The normalized spacial score (nSPS) is 34.2. The molecule has 1 aromatic rings. The maximum absolute atomic E-state index is 14.2. The maximum Gasteiger partial charge on any atom is 0.246 e. The first-order valence-corrected chi connectivity index (χ1v) is 16.0. The monoisotopic (exact) mass is 578 g/mol. The Morgan fingerprint density at radius 3 is 2.50 bits per heavy atom. The van der Waals surface area contributed by atoms with Crippen molar-refractivity contribution in [2.24, 2.45) is 17.8 Å². The van der Waals surface area contributed by atoms with Gasteiger partial charge in [-0.15, -0.1) is 0 Å². The van der Waals surface area contributed by atoms with Gasteiger partial charge in [0.05, 0.1) is 31.2 Å². The molecule has 7 atom stereocenters. The van der Waals surface area contributed by atoms with Crippen LogP contribution in [0.5, 0.6) is 0 Å². The standard InChI is InChI=1S/C33H46N4O5/c1-21(2)23-9-11-24(12-10-23)34-30(38)27-26-13-14-33(42-26)28(27)32(40)37(16-6-15-36-17-19-41-20-18-36)29(33)31(39)35-25-8-5-4-7-22(25)3/h9-14,21-22,25-29H,4-8,15-20H2,1-3H3,(H,34,38)(H,35,39). The number of hydrogen-bond acceptors (Lipinski definition) is 6. The summed E-state index contributed by atoms with van der Waals surface area (Å²) in [6.07, 6.45) is 8.30. The van der Waals surface area contributed by atoms with Crippen molar-refractivity contribution in [1.29, 1.82) is 0 Å². The molecule has 1 spiro atoms. The quantitative estimate of drug-likeness (QED) is 0.436. The van der Waals surface area contributed by atoms with E-state index >= 15 is 0 Å². The minimum atomic E-state index is -1.13. The van der Waals surface area contributed by atoms with E-state index in [2.05, 4.69) is 36.3 Å². The summed E-state index contributed by atoms with van der Waals surface area (Å²) in [6, 6.07) is 7.14. The summed E-state index contributed by atoms with van der Waals surface area (Å²) in [6.45, 7) is 10.9. The Hall–Kier alpha value is -2.75. The lowest BCUT2D eigenvalue weighted by atomic mass is 9.74. The molecule has 2 N–H and O–H groups in total. The Morgan fingerprint density at radius 1 is 1.05 bits per heavy atom. The number of nitrogens with zero attached hydrogens (tertiary/aromatic N) is 2. The predicted octanol–water partition coefficient (Wildman–Crippen LogP) is 3.32. The van der Waals surface area contributed by atoms with Crippen LogP contribution in [0.2, 0.25) is 0 Å². The molecule has 7 unspecified atom stereocenters. The number of morpholine rings is 1. The minimum Gasteiger partial charge on any atom is -0.379 e. The molecule has 42 heavy (non-hydrogen) atoms. The summed E-state index contributed by atoms with van der Waals surface area (Å²) in [5, 5.41) is 6.35. The van der Waals surface area contributed by atoms with E-state index < -0.39 is 29.6 Å². The highest BCUT2D eigenvalue weighted by atomic mass is 16.5. The fourth-order valence-electron chi connectivity index (χ4n) is 7.77. The fourth-order valence-corrected chi connectivity index (χ4v) is 7.77. The van der Waals surface area contributed by atoms with Crippen molar-refractivity contribution in [2.45, 2.75) is 82.6 Å². The van der Waals surface area contributed by atoms with E-state index in [0.29, 0.717) is 24.1 Å². The third-order valence-electron chi connectivity index (χ3n) is 10.2. The van der Waals surface area contributed by atoms with E-state index in [-0.39, 0.29) is 23.8 Å². The summed E-state index contributed by atoms with van der Waals surface area (Å²) in [5.41, 5.74) is 0.753. The van der Waals surface area contributed by atoms with Crippen molar-refractivity contribution in [2.75, 3.05) is 44.7 Å². The molecule has 6 rings (SSSR count). The van der Waals surface area contributed by atoms with Crippen LogP contribution in [0.3, 0.4) is 0 Å². The highest BCUT2D eigenvalue weighted by Gasteiger charge is 2.72.